The lowest BCUT2D eigenvalue weighted by molar-refractivity contribution is -0.120. The Bertz CT molecular complexity index is 490. The van der Waals surface area contributed by atoms with Crippen molar-refractivity contribution in [3.05, 3.63) is 24.3 Å². The smallest absolute Gasteiger partial charge is 0.318 e. The topological polar surface area (TPSA) is 82.3 Å². The number of halogens is 1. The van der Waals surface area contributed by atoms with E-state index in [9.17, 15) is 9.59 Å². The normalized spacial score (nSPS) is 17.3. The minimum Gasteiger partial charge on any atom is -0.341 e. The van der Waals surface area contributed by atoms with Crippen molar-refractivity contribution in [1.82, 2.24) is 10.6 Å². The number of piperidine rings is 1. The van der Waals surface area contributed by atoms with E-state index in [1.807, 2.05) is 6.07 Å². The predicted molar refractivity (Wildman–Crippen MR) is 86.0 cm³/mol. The van der Waals surface area contributed by atoms with E-state index in [0.29, 0.717) is 11.4 Å². The SMILES string of the molecule is CNC(=O)Nc1cccc(NC(=O)C2CCCNC2)c1.Cl. The molecule has 0 saturated carbocycles. The van der Waals surface area contributed by atoms with Crippen LogP contribution in [0.5, 0.6) is 0 Å². The summed E-state index contributed by atoms with van der Waals surface area (Å²) in [6.45, 7) is 1.71. The molecule has 1 aliphatic rings. The van der Waals surface area contributed by atoms with Crippen LogP contribution < -0.4 is 21.3 Å². The molecule has 2 rings (SSSR count). The van der Waals surface area contributed by atoms with Gasteiger partial charge in [-0.3, -0.25) is 4.79 Å². The number of amides is 3. The predicted octanol–water partition coefficient (Wildman–Crippen LogP) is 1.80. The van der Waals surface area contributed by atoms with Crippen molar-refractivity contribution in [2.45, 2.75) is 12.8 Å². The van der Waals surface area contributed by atoms with Gasteiger partial charge in [0.05, 0.1) is 5.92 Å². The van der Waals surface area contributed by atoms with Gasteiger partial charge in [0.15, 0.2) is 0 Å². The van der Waals surface area contributed by atoms with E-state index in [1.54, 1.807) is 25.2 Å². The lowest BCUT2D eigenvalue weighted by Gasteiger charge is -2.22. The number of hydrogen-bond donors (Lipinski definition) is 4. The maximum Gasteiger partial charge on any atom is 0.318 e. The molecule has 0 spiro atoms. The van der Waals surface area contributed by atoms with Gasteiger partial charge >= 0.3 is 6.03 Å². The highest BCUT2D eigenvalue weighted by molar-refractivity contribution is 5.94. The zero-order valence-electron chi connectivity index (χ0n) is 11.9. The largest absolute Gasteiger partial charge is 0.341 e. The van der Waals surface area contributed by atoms with Gasteiger partial charge in [0.25, 0.3) is 0 Å². The fourth-order valence-corrected chi connectivity index (χ4v) is 2.19. The van der Waals surface area contributed by atoms with Crippen LogP contribution in [0.2, 0.25) is 0 Å². The van der Waals surface area contributed by atoms with Gasteiger partial charge in [0.1, 0.15) is 0 Å². The first-order valence-corrected chi connectivity index (χ1v) is 6.79. The first kappa shape index (κ1) is 17.3. The molecule has 4 N–H and O–H groups in total. The molecule has 21 heavy (non-hydrogen) atoms. The second-order valence-corrected chi connectivity index (χ2v) is 4.82. The Morgan fingerprint density at radius 1 is 1.24 bits per heavy atom. The second kappa shape index (κ2) is 8.49. The molecule has 0 bridgehead atoms. The highest BCUT2D eigenvalue weighted by atomic mass is 35.5. The number of rotatable bonds is 3. The molecule has 1 fully saturated rings. The number of benzene rings is 1. The summed E-state index contributed by atoms with van der Waals surface area (Å²) >= 11 is 0. The number of anilines is 2. The third-order valence-corrected chi connectivity index (χ3v) is 3.28. The Kier molecular flexibility index (Phi) is 6.98. The number of nitrogens with one attached hydrogen (secondary N) is 4. The van der Waals surface area contributed by atoms with Gasteiger partial charge in [-0.05, 0) is 37.6 Å². The van der Waals surface area contributed by atoms with E-state index in [-0.39, 0.29) is 30.3 Å². The van der Waals surface area contributed by atoms with Gasteiger partial charge in [-0.25, -0.2) is 4.79 Å². The molecule has 0 radical (unpaired) electrons. The maximum absolute atomic E-state index is 12.1. The molecule has 1 unspecified atom stereocenters. The molecule has 7 heteroatoms. The minimum atomic E-state index is -0.287. The van der Waals surface area contributed by atoms with Crippen molar-refractivity contribution in [2.75, 3.05) is 30.8 Å². The van der Waals surface area contributed by atoms with Crippen molar-refractivity contribution in [1.29, 1.82) is 0 Å². The van der Waals surface area contributed by atoms with Crippen LogP contribution in [0.1, 0.15) is 12.8 Å². The monoisotopic (exact) mass is 312 g/mol. The Morgan fingerprint density at radius 2 is 1.95 bits per heavy atom. The van der Waals surface area contributed by atoms with Crippen LogP contribution in [0.25, 0.3) is 0 Å². The fourth-order valence-electron chi connectivity index (χ4n) is 2.19. The molecule has 1 heterocycles. The summed E-state index contributed by atoms with van der Waals surface area (Å²) in [7, 11) is 1.55. The van der Waals surface area contributed by atoms with Gasteiger partial charge in [-0.1, -0.05) is 6.07 Å². The van der Waals surface area contributed by atoms with Crippen molar-refractivity contribution in [3.63, 3.8) is 0 Å². The van der Waals surface area contributed by atoms with Crippen molar-refractivity contribution in [3.8, 4) is 0 Å². The van der Waals surface area contributed by atoms with Crippen molar-refractivity contribution in [2.24, 2.45) is 5.92 Å². The summed E-state index contributed by atoms with van der Waals surface area (Å²) in [6, 6.07) is 6.82. The van der Waals surface area contributed by atoms with Crippen LogP contribution in [0.4, 0.5) is 16.2 Å². The molecular weight excluding hydrogens is 292 g/mol. The quantitative estimate of drug-likeness (QED) is 0.687. The lowest BCUT2D eigenvalue weighted by atomic mass is 9.99. The van der Waals surface area contributed by atoms with Gasteiger partial charge in [-0.15, -0.1) is 12.4 Å². The van der Waals surface area contributed by atoms with Crippen LogP contribution in [-0.2, 0) is 4.79 Å². The first-order valence-electron chi connectivity index (χ1n) is 6.79. The lowest BCUT2D eigenvalue weighted by Crippen LogP contribution is -2.37. The van der Waals surface area contributed by atoms with Gasteiger partial charge in [0.2, 0.25) is 5.91 Å². The number of carbonyl (C=O) groups excluding carboxylic acids is 2. The average molecular weight is 313 g/mol. The summed E-state index contributed by atoms with van der Waals surface area (Å²) in [5.41, 5.74) is 1.33. The zero-order chi connectivity index (χ0) is 14.4. The summed E-state index contributed by atoms with van der Waals surface area (Å²) in [5.74, 6) is 0.0357. The zero-order valence-corrected chi connectivity index (χ0v) is 12.8. The summed E-state index contributed by atoms with van der Waals surface area (Å²) in [5, 5.41) is 11.3. The number of urea groups is 1. The van der Waals surface area contributed by atoms with Crippen LogP contribution in [-0.4, -0.2) is 32.1 Å². The first-order chi connectivity index (χ1) is 9.69. The van der Waals surface area contributed by atoms with Gasteiger partial charge in [-0.2, -0.15) is 0 Å². The molecule has 116 valence electrons. The third-order valence-electron chi connectivity index (χ3n) is 3.28. The van der Waals surface area contributed by atoms with E-state index in [0.717, 1.165) is 25.9 Å². The summed E-state index contributed by atoms with van der Waals surface area (Å²) in [4.78, 5) is 23.4. The third kappa shape index (κ3) is 5.24. The molecule has 3 amide bonds. The molecule has 0 aliphatic carbocycles. The Hall–Kier alpha value is -1.79. The second-order valence-electron chi connectivity index (χ2n) is 4.82. The van der Waals surface area contributed by atoms with Gasteiger partial charge < -0.3 is 21.3 Å². The molecule has 6 nitrogen and oxygen atoms in total. The van der Waals surface area contributed by atoms with Crippen LogP contribution in [0, 0.1) is 5.92 Å². The molecule has 1 aromatic rings. The van der Waals surface area contributed by atoms with E-state index in [1.165, 1.54) is 0 Å². The Balaban J connectivity index is 0.00000220. The van der Waals surface area contributed by atoms with Crippen molar-refractivity contribution >= 4 is 35.7 Å². The molecule has 1 saturated heterocycles. The van der Waals surface area contributed by atoms with Crippen LogP contribution >= 0.6 is 12.4 Å². The molecule has 1 atom stereocenters. The van der Waals surface area contributed by atoms with Crippen LogP contribution in [0.3, 0.4) is 0 Å². The van der Waals surface area contributed by atoms with E-state index < -0.39 is 0 Å². The van der Waals surface area contributed by atoms with Crippen molar-refractivity contribution < 1.29 is 9.59 Å². The molecule has 1 aliphatic heterocycles. The molecule has 1 aromatic carbocycles. The Labute approximate surface area is 130 Å². The number of carbonyl (C=O) groups is 2. The highest BCUT2D eigenvalue weighted by Gasteiger charge is 2.20. The highest BCUT2D eigenvalue weighted by Crippen LogP contribution is 2.17. The summed E-state index contributed by atoms with van der Waals surface area (Å²) < 4.78 is 0. The minimum absolute atomic E-state index is 0. The molecule has 0 aromatic heterocycles. The van der Waals surface area contributed by atoms with E-state index >= 15 is 0 Å². The van der Waals surface area contributed by atoms with Crippen LogP contribution in [0.15, 0.2) is 24.3 Å². The average Bonchev–Trinajstić information content (AvgIpc) is 2.48. The fraction of sp³-hybridized carbons (Fsp3) is 0.429. The molecular formula is C14H21ClN4O2. The van der Waals surface area contributed by atoms with Gasteiger partial charge in [0, 0.05) is 25.0 Å². The summed E-state index contributed by atoms with van der Waals surface area (Å²) in [6.07, 6.45) is 1.94. The van der Waals surface area contributed by atoms with E-state index in [2.05, 4.69) is 21.3 Å². The van der Waals surface area contributed by atoms with E-state index in [4.69, 9.17) is 0 Å². The maximum atomic E-state index is 12.1. The standard InChI is InChI=1S/C14H20N4O2.ClH/c1-15-14(20)18-12-6-2-5-11(8-12)17-13(19)10-4-3-7-16-9-10;/h2,5-6,8,10,16H,3-4,7,9H2,1H3,(H,17,19)(H2,15,18,20);1H. The number of hydrogen-bond acceptors (Lipinski definition) is 3. The Morgan fingerprint density at radius 3 is 2.57 bits per heavy atom.